The number of amides is 3. The fraction of sp³-hybridized carbons (Fsp3) is 0.278. The monoisotopic (exact) mass is 439 g/mol. The molecule has 0 aliphatic rings. The molecule has 0 saturated carbocycles. The minimum atomic E-state index is -3.67. The number of sulfonamides is 1. The molecule has 3 N–H and O–H groups in total. The van der Waals surface area contributed by atoms with Gasteiger partial charge in [0.05, 0.1) is 6.42 Å². The normalized spacial score (nSPS) is 11.0. The van der Waals surface area contributed by atoms with E-state index in [1.54, 1.807) is 23.6 Å². The van der Waals surface area contributed by atoms with Gasteiger partial charge in [-0.05, 0) is 42.5 Å². The molecule has 9 nitrogen and oxygen atoms in total. The molecule has 1 heterocycles. The lowest BCUT2D eigenvalue weighted by Gasteiger charge is -2.11. The first kappa shape index (κ1) is 22.5. The van der Waals surface area contributed by atoms with Gasteiger partial charge in [0.1, 0.15) is 4.21 Å². The van der Waals surface area contributed by atoms with Crippen molar-refractivity contribution in [3.05, 3.63) is 46.8 Å². The Morgan fingerprint density at radius 1 is 1.10 bits per heavy atom. The summed E-state index contributed by atoms with van der Waals surface area (Å²) in [5, 5.41) is 6.22. The predicted octanol–water partition coefficient (Wildman–Crippen LogP) is 1.92. The number of rotatable bonds is 8. The Labute approximate surface area is 172 Å². The quantitative estimate of drug-likeness (QED) is 0.539. The number of hydrogen-bond donors (Lipinski definition) is 3. The highest BCUT2D eigenvalue weighted by Crippen LogP contribution is 2.17. The molecule has 1 aromatic carbocycles. The van der Waals surface area contributed by atoms with Crippen LogP contribution in [0.15, 0.2) is 39.9 Å². The number of urea groups is 1. The largest absolute Gasteiger partial charge is 0.456 e. The number of imide groups is 1. The first-order valence-corrected chi connectivity index (χ1v) is 10.9. The molecule has 3 amide bonds. The van der Waals surface area contributed by atoms with Crippen molar-refractivity contribution >= 4 is 45.0 Å². The van der Waals surface area contributed by atoms with Crippen LogP contribution < -0.4 is 15.4 Å². The molecule has 0 spiro atoms. The molecule has 11 heteroatoms. The minimum absolute atomic E-state index is 0.139. The first-order valence-electron chi connectivity index (χ1n) is 8.55. The Bertz CT molecular complexity index is 987. The third-order valence-electron chi connectivity index (χ3n) is 3.85. The molecule has 2 rings (SSSR count). The van der Waals surface area contributed by atoms with Crippen LogP contribution in [0.2, 0.25) is 0 Å². The molecule has 0 fully saturated rings. The standard InChI is InChI=1S/C18H21N3O6S2/c1-12-5-3-6-14(13(12)2)20-18(24)21-15(22)11-27-16(23)8-9-19-29(25,26)17-7-4-10-28-17/h3-7,10,19H,8-9,11H2,1-2H3,(H2,20,21,22,24). The highest BCUT2D eigenvalue weighted by molar-refractivity contribution is 7.91. The van der Waals surface area contributed by atoms with Crippen molar-refractivity contribution in [2.45, 2.75) is 24.5 Å². The van der Waals surface area contributed by atoms with Crippen LogP contribution >= 0.6 is 11.3 Å². The lowest BCUT2D eigenvalue weighted by atomic mass is 10.1. The van der Waals surface area contributed by atoms with E-state index in [-0.39, 0.29) is 17.2 Å². The van der Waals surface area contributed by atoms with Crippen molar-refractivity contribution in [1.29, 1.82) is 0 Å². The second-order valence-electron chi connectivity index (χ2n) is 5.99. The number of nitrogens with one attached hydrogen (secondary N) is 3. The molecule has 0 radical (unpaired) electrons. The van der Waals surface area contributed by atoms with Crippen molar-refractivity contribution in [1.82, 2.24) is 10.0 Å². The maximum absolute atomic E-state index is 11.9. The molecule has 1 aromatic heterocycles. The molecule has 0 unspecified atom stereocenters. The van der Waals surface area contributed by atoms with Crippen molar-refractivity contribution in [3.8, 4) is 0 Å². The molecule has 0 aliphatic carbocycles. The molecule has 156 valence electrons. The number of carbonyl (C=O) groups excluding carboxylic acids is 3. The lowest BCUT2D eigenvalue weighted by molar-refractivity contribution is -0.148. The molecule has 2 aromatic rings. The van der Waals surface area contributed by atoms with E-state index in [0.29, 0.717) is 5.69 Å². The maximum Gasteiger partial charge on any atom is 0.325 e. The average molecular weight is 440 g/mol. The second kappa shape index (κ2) is 10.1. The predicted molar refractivity (Wildman–Crippen MR) is 108 cm³/mol. The third kappa shape index (κ3) is 6.97. The summed E-state index contributed by atoms with van der Waals surface area (Å²) < 4.78 is 30.9. The zero-order valence-electron chi connectivity index (χ0n) is 15.9. The van der Waals surface area contributed by atoms with Crippen molar-refractivity contribution in [3.63, 3.8) is 0 Å². The molecule has 29 heavy (non-hydrogen) atoms. The van der Waals surface area contributed by atoms with E-state index in [4.69, 9.17) is 4.74 Å². The highest BCUT2D eigenvalue weighted by atomic mass is 32.2. The smallest absolute Gasteiger partial charge is 0.325 e. The van der Waals surface area contributed by atoms with E-state index in [1.807, 2.05) is 19.9 Å². The number of ether oxygens (including phenoxy) is 1. The summed E-state index contributed by atoms with van der Waals surface area (Å²) in [5.74, 6) is -1.58. The van der Waals surface area contributed by atoms with Crippen LogP contribution in [-0.4, -0.2) is 39.5 Å². The van der Waals surface area contributed by atoms with Crippen LogP contribution in [0.25, 0.3) is 0 Å². The van der Waals surface area contributed by atoms with Crippen molar-refractivity contribution in [2.75, 3.05) is 18.5 Å². The number of thiophene rings is 1. The third-order valence-corrected chi connectivity index (χ3v) is 6.71. The molecule has 0 saturated heterocycles. The molecular weight excluding hydrogens is 418 g/mol. The number of benzene rings is 1. The van der Waals surface area contributed by atoms with Crippen LogP contribution in [0.3, 0.4) is 0 Å². The SMILES string of the molecule is Cc1cccc(NC(=O)NC(=O)COC(=O)CCNS(=O)(=O)c2cccs2)c1C. The minimum Gasteiger partial charge on any atom is -0.456 e. The van der Waals surface area contributed by atoms with Gasteiger partial charge in [0.2, 0.25) is 10.0 Å². The highest BCUT2D eigenvalue weighted by Gasteiger charge is 2.16. The lowest BCUT2D eigenvalue weighted by Crippen LogP contribution is -2.37. The summed E-state index contributed by atoms with van der Waals surface area (Å²) in [5.41, 5.74) is 2.41. The van der Waals surface area contributed by atoms with Gasteiger partial charge in [-0.25, -0.2) is 17.9 Å². The Morgan fingerprint density at radius 2 is 1.86 bits per heavy atom. The van der Waals surface area contributed by atoms with E-state index < -0.39 is 34.5 Å². The number of carbonyl (C=O) groups is 3. The van der Waals surface area contributed by atoms with Gasteiger partial charge in [-0.2, -0.15) is 0 Å². The van der Waals surface area contributed by atoms with Gasteiger partial charge in [-0.1, -0.05) is 18.2 Å². The van der Waals surface area contributed by atoms with Crippen LogP contribution in [0.4, 0.5) is 10.5 Å². The summed E-state index contributed by atoms with van der Waals surface area (Å²) in [4.78, 5) is 35.2. The average Bonchev–Trinajstić information content (AvgIpc) is 3.19. The first-order chi connectivity index (χ1) is 13.7. The summed E-state index contributed by atoms with van der Waals surface area (Å²) in [7, 11) is -3.67. The summed E-state index contributed by atoms with van der Waals surface area (Å²) in [6, 6.07) is 7.66. The Kier molecular flexibility index (Phi) is 7.88. The molecule has 0 bridgehead atoms. The van der Waals surface area contributed by atoms with Crippen LogP contribution in [0, 0.1) is 13.8 Å². The van der Waals surface area contributed by atoms with E-state index in [9.17, 15) is 22.8 Å². The van der Waals surface area contributed by atoms with Gasteiger partial charge < -0.3 is 10.1 Å². The fourth-order valence-electron chi connectivity index (χ4n) is 2.20. The summed E-state index contributed by atoms with van der Waals surface area (Å²) in [6.45, 7) is 2.90. The number of aryl methyl sites for hydroxylation is 1. The fourth-order valence-corrected chi connectivity index (χ4v) is 4.27. The Balaban J connectivity index is 1.69. The van der Waals surface area contributed by atoms with Gasteiger partial charge >= 0.3 is 12.0 Å². The van der Waals surface area contributed by atoms with E-state index in [2.05, 4.69) is 15.4 Å². The summed E-state index contributed by atoms with van der Waals surface area (Å²) >= 11 is 1.05. The zero-order valence-corrected chi connectivity index (χ0v) is 17.5. The van der Waals surface area contributed by atoms with Gasteiger partial charge in [0, 0.05) is 12.2 Å². The number of esters is 1. The van der Waals surface area contributed by atoms with Crippen LogP contribution in [-0.2, 0) is 24.3 Å². The molecular formula is C18H21N3O6S2. The number of anilines is 1. The van der Waals surface area contributed by atoms with Crippen LogP contribution in [0.5, 0.6) is 0 Å². The summed E-state index contributed by atoms with van der Waals surface area (Å²) in [6.07, 6.45) is -0.257. The van der Waals surface area contributed by atoms with Gasteiger partial charge in [0.15, 0.2) is 6.61 Å². The van der Waals surface area contributed by atoms with Gasteiger partial charge in [-0.3, -0.25) is 14.9 Å². The van der Waals surface area contributed by atoms with Gasteiger partial charge in [0.25, 0.3) is 5.91 Å². The maximum atomic E-state index is 11.9. The zero-order chi connectivity index (χ0) is 21.4. The van der Waals surface area contributed by atoms with Crippen molar-refractivity contribution in [2.24, 2.45) is 0 Å². The topological polar surface area (TPSA) is 131 Å². The molecule has 0 aliphatic heterocycles. The Hall–Kier alpha value is -2.76. The van der Waals surface area contributed by atoms with E-state index in [0.717, 1.165) is 22.5 Å². The van der Waals surface area contributed by atoms with E-state index >= 15 is 0 Å². The van der Waals surface area contributed by atoms with E-state index in [1.165, 1.54) is 6.07 Å². The second-order valence-corrected chi connectivity index (χ2v) is 8.93. The Morgan fingerprint density at radius 3 is 2.55 bits per heavy atom. The van der Waals surface area contributed by atoms with Crippen molar-refractivity contribution < 1.29 is 27.5 Å². The van der Waals surface area contributed by atoms with Gasteiger partial charge in [-0.15, -0.1) is 11.3 Å². The molecule has 0 atom stereocenters. The van der Waals surface area contributed by atoms with Crippen LogP contribution in [0.1, 0.15) is 17.5 Å². The number of hydrogen-bond acceptors (Lipinski definition) is 7.